The molecule has 0 aliphatic carbocycles. The van der Waals surface area contributed by atoms with Gasteiger partial charge >= 0.3 is 0 Å². The predicted molar refractivity (Wildman–Crippen MR) is 60.3 cm³/mol. The SMILES string of the molecule is CC(C)CCCn1ncc(F)c1C(C)C. The summed E-state index contributed by atoms with van der Waals surface area (Å²) >= 11 is 0. The fourth-order valence-electron chi connectivity index (χ4n) is 1.77. The van der Waals surface area contributed by atoms with Gasteiger partial charge in [-0.15, -0.1) is 0 Å². The molecule has 1 aromatic rings. The molecule has 0 spiro atoms. The summed E-state index contributed by atoms with van der Waals surface area (Å²) in [6, 6.07) is 0. The van der Waals surface area contributed by atoms with E-state index in [9.17, 15) is 4.39 Å². The Morgan fingerprint density at radius 3 is 2.53 bits per heavy atom. The molecular weight excluding hydrogens is 191 g/mol. The van der Waals surface area contributed by atoms with E-state index in [-0.39, 0.29) is 11.7 Å². The molecule has 86 valence electrons. The van der Waals surface area contributed by atoms with Gasteiger partial charge in [0.25, 0.3) is 0 Å². The minimum atomic E-state index is -0.172. The second-order valence-electron chi connectivity index (χ2n) is 4.79. The van der Waals surface area contributed by atoms with Gasteiger partial charge in [0.15, 0.2) is 5.82 Å². The Morgan fingerprint density at radius 2 is 2.00 bits per heavy atom. The maximum Gasteiger partial charge on any atom is 0.164 e. The second-order valence-corrected chi connectivity index (χ2v) is 4.79. The first kappa shape index (κ1) is 12.2. The van der Waals surface area contributed by atoms with Crippen molar-refractivity contribution in [1.82, 2.24) is 9.78 Å². The lowest BCUT2D eigenvalue weighted by Crippen LogP contribution is -2.08. The van der Waals surface area contributed by atoms with Crippen LogP contribution in [0.3, 0.4) is 0 Å². The smallest absolute Gasteiger partial charge is 0.164 e. The lowest BCUT2D eigenvalue weighted by atomic mass is 10.1. The maximum absolute atomic E-state index is 13.4. The second kappa shape index (κ2) is 5.29. The van der Waals surface area contributed by atoms with E-state index in [0.717, 1.165) is 18.7 Å². The first-order chi connectivity index (χ1) is 7.02. The minimum Gasteiger partial charge on any atom is -0.266 e. The summed E-state index contributed by atoms with van der Waals surface area (Å²) in [5.41, 5.74) is 0.735. The van der Waals surface area contributed by atoms with Crippen molar-refractivity contribution in [3.63, 3.8) is 0 Å². The van der Waals surface area contributed by atoms with E-state index in [1.807, 2.05) is 18.5 Å². The molecule has 2 nitrogen and oxygen atoms in total. The van der Waals surface area contributed by atoms with E-state index in [1.165, 1.54) is 12.6 Å². The van der Waals surface area contributed by atoms with Gasteiger partial charge in [-0.3, -0.25) is 4.68 Å². The van der Waals surface area contributed by atoms with Crippen LogP contribution >= 0.6 is 0 Å². The number of hydrogen-bond acceptors (Lipinski definition) is 1. The summed E-state index contributed by atoms with van der Waals surface area (Å²) < 4.78 is 15.2. The van der Waals surface area contributed by atoms with E-state index in [0.29, 0.717) is 5.92 Å². The van der Waals surface area contributed by atoms with Gasteiger partial charge in [-0.1, -0.05) is 27.7 Å². The highest BCUT2D eigenvalue weighted by molar-refractivity contribution is 5.08. The summed E-state index contributed by atoms with van der Waals surface area (Å²) in [6.07, 6.45) is 3.56. The van der Waals surface area contributed by atoms with Crippen LogP contribution in [0.25, 0.3) is 0 Å². The monoisotopic (exact) mass is 212 g/mol. The Morgan fingerprint density at radius 1 is 1.33 bits per heavy atom. The van der Waals surface area contributed by atoms with E-state index in [1.54, 1.807) is 0 Å². The highest BCUT2D eigenvalue weighted by Crippen LogP contribution is 2.18. The molecule has 0 saturated heterocycles. The molecule has 0 aliphatic heterocycles. The molecule has 1 heterocycles. The van der Waals surface area contributed by atoms with Crippen LogP contribution in [0, 0.1) is 11.7 Å². The van der Waals surface area contributed by atoms with Gasteiger partial charge in [0.05, 0.1) is 11.9 Å². The first-order valence-corrected chi connectivity index (χ1v) is 5.73. The number of nitrogens with zero attached hydrogens (tertiary/aromatic N) is 2. The van der Waals surface area contributed by atoms with Crippen LogP contribution in [-0.4, -0.2) is 9.78 Å². The van der Waals surface area contributed by atoms with E-state index >= 15 is 0 Å². The number of aryl methyl sites for hydroxylation is 1. The van der Waals surface area contributed by atoms with Crippen LogP contribution < -0.4 is 0 Å². The fourth-order valence-corrected chi connectivity index (χ4v) is 1.77. The molecule has 0 aromatic carbocycles. The zero-order valence-electron chi connectivity index (χ0n) is 10.1. The highest BCUT2D eigenvalue weighted by Gasteiger charge is 2.13. The van der Waals surface area contributed by atoms with Crippen molar-refractivity contribution in [3.8, 4) is 0 Å². The quantitative estimate of drug-likeness (QED) is 0.729. The van der Waals surface area contributed by atoms with Crippen molar-refractivity contribution in [2.24, 2.45) is 5.92 Å². The molecule has 0 atom stereocenters. The number of hydrogen-bond donors (Lipinski definition) is 0. The topological polar surface area (TPSA) is 17.8 Å². The molecule has 0 radical (unpaired) electrons. The summed E-state index contributed by atoms with van der Waals surface area (Å²) in [6.45, 7) is 9.23. The van der Waals surface area contributed by atoms with Gasteiger partial charge in [-0.05, 0) is 24.7 Å². The summed E-state index contributed by atoms with van der Waals surface area (Å²) in [5, 5.41) is 4.08. The van der Waals surface area contributed by atoms with Crippen LogP contribution in [0.1, 0.15) is 52.1 Å². The van der Waals surface area contributed by atoms with Crippen molar-refractivity contribution in [3.05, 3.63) is 17.7 Å². The average Bonchev–Trinajstić information content (AvgIpc) is 2.46. The van der Waals surface area contributed by atoms with Crippen molar-refractivity contribution >= 4 is 0 Å². The molecule has 15 heavy (non-hydrogen) atoms. The standard InChI is InChI=1S/C12H21FN2/c1-9(2)6-5-7-15-12(10(3)4)11(13)8-14-15/h8-10H,5-7H2,1-4H3. The summed E-state index contributed by atoms with van der Waals surface area (Å²) in [4.78, 5) is 0. The number of rotatable bonds is 5. The summed E-state index contributed by atoms with van der Waals surface area (Å²) in [7, 11) is 0. The van der Waals surface area contributed by atoms with E-state index in [2.05, 4.69) is 18.9 Å². The van der Waals surface area contributed by atoms with Crippen LogP contribution in [0.15, 0.2) is 6.20 Å². The Kier molecular flexibility index (Phi) is 4.30. The Hall–Kier alpha value is -0.860. The van der Waals surface area contributed by atoms with Crippen LogP contribution in [-0.2, 0) is 6.54 Å². The molecule has 0 unspecified atom stereocenters. The molecule has 1 aromatic heterocycles. The van der Waals surface area contributed by atoms with Gasteiger partial charge in [0.1, 0.15) is 0 Å². The Bertz CT molecular complexity index is 303. The van der Waals surface area contributed by atoms with Gasteiger partial charge in [-0.2, -0.15) is 5.10 Å². The zero-order valence-corrected chi connectivity index (χ0v) is 10.1. The Balaban J connectivity index is 2.61. The third-order valence-corrected chi connectivity index (χ3v) is 2.53. The third kappa shape index (κ3) is 3.33. The highest BCUT2D eigenvalue weighted by atomic mass is 19.1. The molecular formula is C12H21FN2. The van der Waals surface area contributed by atoms with Crippen LogP contribution in [0.4, 0.5) is 4.39 Å². The fraction of sp³-hybridized carbons (Fsp3) is 0.750. The molecule has 1 rings (SSSR count). The van der Waals surface area contributed by atoms with Crippen molar-refractivity contribution in [2.75, 3.05) is 0 Å². The maximum atomic E-state index is 13.4. The molecule has 0 fully saturated rings. The number of aromatic nitrogens is 2. The average molecular weight is 212 g/mol. The van der Waals surface area contributed by atoms with E-state index in [4.69, 9.17) is 0 Å². The van der Waals surface area contributed by atoms with Gasteiger partial charge < -0.3 is 0 Å². The largest absolute Gasteiger partial charge is 0.266 e. The first-order valence-electron chi connectivity index (χ1n) is 5.73. The van der Waals surface area contributed by atoms with Crippen molar-refractivity contribution in [2.45, 2.75) is 53.0 Å². The predicted octanol–water partition coefficient (Wildman–Crippen LogP) is 3.58. The van der Waals surface area contributed by atoms with E-state index < -0.39 is 0 Å². The molecule has 0 amide bonds. The molecule has 0 N–H and O–H groups in total. The van der Waals surface area contributed by atoms with Crippen LogP contribution in [0.5, 0.6) is 0 Å². The Labute approximate surface area is 91.5 Å². The van der Waals surface area contributed by atoms with Gasteiger partial charge in [-0.25, -0.2) is 4.39 Å². The summed E-state index contributed by atoms with van der Waals surface area (Å²) in [5.74, 6) is 0.731. The van der Waals surface area contributed by atoms with Gasteiger partial charge in [0, 0.05) is 6.54 Å². The third-order valence-electron chi connectivity index (χ3n) is 2.53. The molecule has 0 saturated carbocycles. The molecule has 0 bridgehead atoms. The van der Waals surface area contributed by atoms with Gasteiger partial charge in [0.2, 0.25) is 0 Å². The number of halogens is 1. The minimum absolute atomic E-state index is 0.172. The van der Waals surface area contributed by atoms with Crippen molar-refractivity contribution < 1.29 is 4.39 Å². The zero-order chi connectivity index (χ0) is 11.4. The molecule has 3 heteroatoms. The van der Waals surface area contributed by atoms with Crippen molar-refractivity contribution in [1.29, 1.82) is 0 Å². The lowest BCUT2D eigenvalue weighted by molar-refractivity contribution is 0.468. The van der Waals surface area contributed by atoms with Crippen LogP contribution in [0.2, 0.25) is 0 Å². The lowest BCUT2D eigenvalue weighted by Gasteiger charge is -2.10. The molecule has 0 aliphatic rings. The normalized spacial score (nSPS) is 11.7.